The minimum atomic E-state index is -3.75. The maximum absolute atomic E-state index is 12.6. The Labute approximate surface area is 124 Å². The van der Waals surface area contributed by atoms with E-state index < -0.39 is 14.9 Å². The number of anilines is 1. The maximum Gasteiger partial charge on any atom is 0.270 e. The van der Waals surface area contributed by atoms with Crippen LogP contribution in [0.5, 0.6) is 0 Å². The van der Waals surface area contributed by atoms with E-state index in [1.165, 1.54) is 23.5 Å². The van der Waals surface area contributed by atoms with Crippen molar-refractivity contribution in [3.8, 4) is 0 Å². The molecule has 2 unspecified atom stereocenters. The van der Waals surface area contributed by atoms with Gasteiger partial charge in [0.15, 0.2) is 0 Å². The summed E-state index contributed by atoms with van der Waals surface area (Å²) in [7, 11) is -0.651. The van der Waals surface area contributed by atoms with Gasteiger partial charge < -0.3 is 5.32 Å². The normalized spacial score (nSPS) is 21.3. The molecule has 8 heteroatoms. The lowest BCUT2D eigenvalue weighted by molar-refractivity contribution is -0.385. The molecule has 0 aromatic heterocycles. The summed E-state index contributed by atoms with van der Waals surface area (Å²) in [5.74, 6) is 0.915. The Morgan fingerprint density at radius 3 is 2.57 bits per heavy atom. The Balaban J connectivity index is 2.37. The third-order valence-corrected chi connectivity index (χ3v) is 5.76. The Bertz CT molecular complexity index is 659. The molecule has 7 nitrogen and oxygen atoms in total. The lowest BCUT2D eigenvalue weighted by Crippen LogP contribution is -2.29. The monoisotopic (exact) mass is 313 g/mol. The maximum atomic E-state index is 12.6. The van der Waals surface area contributed by atoms with Gasteiger partial charge in [-0.15, -0.1) is 0 Å². The number of sulfonamides is 1. The van der Waals surface area contributed by atoms with Crippen LogP contribution in [0.2, 0.25) is 0 Å². The SMILES string of the molecule is CNc1ccc([N+](=O)[O-])cc1S(=O)(=O)N(C)CC1CC1C. The summed E-state index contributed by atoms with van der Waals surface area (Å²) >= 11 is 0. The van der Waals surface area contributed by atoms with Crippen molar-refractivity contribution in [2.75, 3.05) is 26.0 Å². The van der Waals surface area contributed by atoms with E-state index in [4.69, 9.17) is 0 Å². The summed E-state index contributed by atoms with van der Waals surface area (Å²) in [5, 5.41) is 13.6. The van der Waals surface area contributed by atoms with E-state index in [1.54, 1.807) is 7.05 Å². The van der Waals surface area contributed by atoms with Crippen LogP contribution >= 0.6 is 0 Å². The highest BCUT2D eigenvalue weighted by atomic mass is 32.2. The van der Waals surface area contributed by atoms with Crippen LogP contribution in [0.1, 0.15) is 13.3 Å². The molecule has 1 aliphatic rings. The second-order valence-corrected chi connectivity index (χ2v) is 7.46. The van der Waals surface area contributed by atoms with Crippen LogP contribution in [-0.4, -0.2) is 38.3 Å². The fraction of sp³-hybridized carbons (Fsp3) is 0.538. The van der Waals surface area contributed by atoms with Crippen LogP contribution in [0.4, 0.5) is 11.4 Å². The van der Waals surface area contributed by atoms with Crippen LogP contribution in [0.3, 0.4) is 0 Å². The van der Waals surface area contributed by atoms with Crippen molar-refractivity contribution in [3.05, 3.63) is 28.3 Å². The highest BCUT2D eigenvalue weighted by Crippen LogP contribution is 2.39. The number of nitro groups is 1. The standard InChI is InChI=1S/C13H19N3O4S/c1-9-6-10(9)8-15(3)21(19,20)13-7-11(16(17)18)4-5-12(13)14-2/h4-5,7,9-10,14H,6,8H2,1-3H3. The highest BCUT2D eigenvalue weighted by Gasteiger charge is 2.37. The molecule has 1 N–H and O–H groups in total. The molecule has 0 heterocycles. The first-order valence-corrected chi connectivity index (χ1v) is 8.14. The number of nitrogens with one attached hydrogen (secondary N) is 1. The van der Waals surface area contributed by atoms with E-state index in [0.717, 1.165) is 12.5 Å². The second kappa shape index (κ2) is 5.61. The van der Waals surface area contributed by atoms with Gasteiger partial charge in [0.05, 0.1) is 10.6 Å². The summed E-state index contributed by atoms with van der Waals surface area (Å²) in [6.45, 7) is 2.52. The van der Waals surface area contributed by atoms with Crippen molar-refractivity contribution in [2.45, 2.75) is 18.2 Å². The molecule has 2 rings (SSSR count). The van der Waals surface area contributed by atoms with Crippen LogP contribution < -0.4 is 5.32 Å². The molecule has 1 aromatic rings. The fourth-order valence-electron chi connectivity index (χ4n) is 2.29. The molecule has 0 bridgehead atoms. The Morgan fingerprint density at radius 2 is 2.10 bits per heavy atom. The first-order valence-electron chi connectivity index (χ1n) is 6.70. The van der Waals surface area contributed by atoms with Crippen LogP contribution in [-0.2, 0) is 10.0 Å². The molecule has 0 spiro atoms. The summed E-state index contributed by atoms with van der Waals surface area (Å²) in [5.41, 5.74) is 0.122. The lowest BCUT2D eigenvalue weighted by atomic mass is 10.3. The Kier molecular flexibility index (Phi) is 4.20. The van der Waals surface area contributed by atoms with E-state index in [9.17, 15) is 18.5 Å². The van der Waals surface area contributed by atoms with Crippen molar-refractivity contribution in [1.29, 1.82) is 0 Å². The number of hydrogen-bond acceptors (Lipinski definition) is 5. The van der Waals surface area contributed by atoms with Gasteiger partial charge in [-0.25, -0.2) is 12.7 Å². The van der Waals surface area contributed by atoms with Crippen LogP contribution in [0.25, 0.3) is 0 Å². The first-order chi connectivity index (χ1) is 9.77. The minimum absolute atomic E-state index is 0.0602. The quantitative estimate of drug-likeness (QED) is 0.639. The van der Waals surface area contributed by atoms with Gasteiger partial charge in [0.25, 0.3) is 5.69 Å². The number of hydrogen-bond donors (Lipinski definition) is 1. The Morgan fingerprint density at radius 1 is 1.48 bits per heavy atom. The van der Waals surface area contributed by atoms with Crippen molar-refractivity contribution < 1.29 is 13.3 Å². The molecular weight excluding hydrogens is 294 g/mol. The summed E-state index contributed by atoms with van der Waals surface area (Å²) in [6.07, 6.45) is 1.02. The molecule has 1 saturated carbocycles. The zero-order valence-electron chi connectivity index (χ0n) is 12.2. The molecular formula is C13H19N3O4S. The van der Waals surface area contributed by atoms with E-state index in [0.29, 0.717) is 24.1 Å². The molecule has 1 aromatic carbocycles. The smallest absolute Gasteiger partial charge is 0.270 e. The van der Waals surface area contributed by atoms with Gasteiger partial charge in [0.1, 0.15) is 4.90 Å². The van der Waals surface area contributed by atoms with Gasteiger partial charge in [0.2, 0.25) is 10.0 Å². The van der Waals surface area contributed by atoms with E-state index in [1.807, 2.05) is 0 Å². The summed E-state index contributed by atoms with van der Waals surface area (Å²) in [6, 6.07) is 3.81. The van der Waals surface area contributed by atoms with Crippen molar-refractivity contribution in [1.82, 2.24) is 4.31 Å². The van der Waals surface area contributed by atoms with Crippen molar-refractivity contribution in [2.24, 2.45) is 11.8 Å². The van der Waals surface area contributed by atoms with Crippen LogP contribution in [0, 0.1) is 22.0 Å². The number of non-ortho nitro benzene ring substituents is 1. The molecule has 1 aliphatic carbocycles. The molecule has 21 heavy (non-hydrogen) atoms. The third-order valence-electron chi connectivity index (χ3n) is 3.90. The molecule has 2 atom stereocenters. The summed E-state index contributed by atoms with van der Waals surface area (Å²) < 4.78 is 26.5. The molecule has 0 radical (unpaired) electrons. The largest absolute Gasteiger partial charge is 0.387 e. The van der Waals surface area contributed by atoms with Gasteiger partial charge in [-0.1, -0.05) is 6.92 Å². The summed E-state index contributed by atoms with van der Waals surface area (Å²) in [4.78, 5) is 10.2. The van der Waals surface area contributed by atoms with E-state index in [2.05, 4.69) is 12.2 Å². The number of nitro benzene ring substituents is 1. The van der Waals surface area contributed by atoms with E-state index in [-0.39, 0.29) is 10.6 Å². The van der Waals surface area contributed by atoms with E-state index >= 15 is 0 Å². The average molecular weight is 313 g/mol. The molecule has 0 saturated heterocycles. The fourth-order valence-corrected chi connectivity index (χ4v) is 3.74. The second-order valence-electron chi connectivity index (χ2n) is 5.45. The van der Waals surface area contributed by atoms with Crippen LogP contribution in [0.15, 0.2) is 23.1 Å². The van der Waals surface area contributed by atoms with Gasteiger partial charge >= 0.3 is 0 Å². The van der Waals surface area contributed by atoms with Gasteiger partial charge in [0, 0.05) is 32.8 Å². The minimum Gasteiger partial charge on any atom is -0.387 e. The third kappa shape index (κ3) is 3.16. The molecule has 116 valence electrons. The van der Waals surface area contributed by atoms with Gasteiger partial charge in [-0.3, -0.25) is 10.1 Å². The van der Waals surface area contributed by atoms with Crippen molar-refractivity contribution >= 4 is 21.4 Å². The number of benzene rings is 1. The first kappa shape index (κ1) is 15.7. The zero-order chi connectivity index (χ0) is 15.8. The predicted molar refractivity (Wildman–Crippen MR) is 79.7 cm³/mol. The van der Waals surface area contributed by atoms with Gasteiger partial charge in [-0.05, 0) is 24.3 Å². The molecule has 0 amide bonds. The van der Waals surface area contributed by atoms with Gasteiger partial charge in [-0.2, -0.15) is 0 Å². The van der Waals surface area contributed by atoms with Crippen molar-refractivity contribution in [3.63, 3.8) is 0 Å². The molecule has 1 fully saturated rings. The average Bonchev–Trinajstić information content (AvgIpc) is 3.13. The predicted octanol–water partition coefficient (Wildman–Crippen LogP) is 1.91. The topological polar surface area (TPSA) is 92.5 Å². The molecule has 0 aliphatic heterocycles. The Hall–Kier alpha value is -1.67. The zero-order valence-corrected chi connectivity index (χ0v) is 13.1. The number of rotatable bonds is 6. The number of nitrogens with zero attached hydrogens (tertiary/aromatic N) is 2. The lowest BCUT2D eigenvalue weighted by Gasteiger charge is -2.19. The highest BCUT2D eigenvalue weighted by molar-refractivity contribution is 7.89.